The van der Waals surface area contributed by atoms with E-state index < -0.39 is 0 Å². The minimum Gasteiger partial charge on any atom is -0.369 e. The summed E-state index contributed by atoms with van der Waals surface area (Å²) in [5.41, 5.74) is 7.71. The monoisotopic (exact) mass is 389 g/mol. The Hall–Kier alpha value is -2.66. The van der Waals surface area contributed by atoms with Crippen LogP contribution in [0.3, 0.4) is 0 Å². The van der Waals surface area contributed by atoms with Crippen LogP contribution in [0, 0.1) is 20.8 Å². The lowest BCUT2D eigenvalue weighted by atomic mass is 10.1. The van der Waals surface area contributed by atoms with Gasteiger partial charge in [-0.05, 0) is 49.9 Å². The Balaban J connectivity index is 1.30. The molecule has 29 heavy (non-hydrogen) atoms. The van der Waals surface area contributed by atoms with Crippen LogP contribution in [-0.2, 0) is 6.54 Å². The molecule has 3 aromatic rings. The van der Waals surface area contributed by atoms with Gasteiger partial charge in [-0.15, -0.1) is 5.10 Å². The van der Waals surface area contributed by atoms with E-state index in [0.29, 0.717) is 0 Å². The summed E-state index contributed by atoms with van der Waals surface area (Å²) in [6.07, 6.45) is 2.97. The first-order valence-corrected chi connectivity index (χ1v) is 10.6. The highest BCUT2D eigenvalue weighted by molar-refractivity contribution is 5.62. The molecule has 1 aliphatic heterocycles. The largest absolute Gasteiger partial charge is 0.369 e. The molecule has 5 heteroatoms. The summed E-state index contributed by atoms with van der Waals surface area (Å²) in [5, 5.41) is 8.48. The van der Waals surface area contributed by atoms with Gasteiger partial charge in [-0.1, -0.05) is 41.6 Å². The maximum Gasteiger partial charge on any atom is 0.0888 e. The molecule has 0 atom stereocenters. The van der Waals surface area contributed by atoms with Crippen molar-refractivity contribution >= 4 is 5.69 Å². The van der Waals surface area contributed by atoms with Gasteiger partial charge in [-0.25, -0.2) is 4.68 Å². The van der Waals surface area contributed by atoms with Crippen LogP contribution in [-0.4, -0.2) is 52.6 Å². The lowest BCUT2D eigenvalue weighted by Crippen LogP contribution is -2.47. The van der Waals surface area contributed by atoms with Crippen LogP contribution >= 0.6 is 0 Å². The van der Waals surface area contributed by atoms with Crippen molar-refractivity contribution in [2.75, 3.05) is 37.6 Å². The molecule has 1 aliphatic rings. The molecule has 0 radical (unpaired) electrons. The number of rotatable bonds is 6. The predicted molar refractivity (Wildman–Crippen MR) is 119 cm³/mol. The minimum atomic E-state index is 0.904. The Labute approximate surface area is 174 Å². The standard InChI is InChI=1S/C24H31N5/c1-19-9-10-21(3)23(17-19)28-15-13-27(14-16-28)11-6-12-29-24(18-25-26-29)22-8-5-4-7-20(22)2/h4-5,7-10,17-18H,6,11-16H2,1-3H3. The van der Waals surface area contributed by atoms with Gasteiger partial charge >= 0.3 is 0 Å². The molecule has 0 bridgehead atoms. The maximum atomic E-state index is 4.33. The van der Waals surface area contributed by atoms with E-state index in [4.69, 9.17) is 0 Å². The van der Waals surface area contributed by atoms with Gasteiger partial charge in [0.05, 0.1) is 11.9 Å². The lowest BCUT2D eigenvalue weighted by Gasteiger charge is -2.37. The first-order valence-electron chi connectivity index (χ1n) is 10.6. The van der Waals surface area contributed by atoms with Crippen LogP contribution in [0.25, 0.3) is 11.3 Å². The van der Waals surface area contributed by atoms with Crippen LogP contribution in [0.4, 0.5) is 5.69 Å². The fraction of sp³-hybridized carbons (Fsp3) is 0.417. The van der Waals surface area contributed by atoms with Crippen molar-refractivity contribution in [3.8, 4) is 11.3 Å². The zero-order chi connectivity index (χ0) is 20.2. The predicted octanol–water partition coefficient (Wildman–Crippen LogP) is 4.08. The van der Waals surface area contributed by atoms with Gasteiger partial charge in [-0.2, -0.15) is 0 Å². The first kappa shape index (κ1) is 19.6. The number of aromatic nitrogens is 3. The van der Waals surface area contributed by atoms with E-state index in [-0.39, 0.29) is 0 Å². The summed E-state index contributed by atoms with van der Waals surface area (Å²) >= 11 is 0. The number of nitrogens with zero attached hydrogens (tertiary/aromatic N) is 5. The fourth-order valence-electron chi connectivity index (χ4n) is 4.21. The second-order valence-electron chi connectivity index (χ2n) is 8.13. The first-order chi connectivity index (χ1) is 14.1. The smallest absolute Gasteiger partial charge is 0.0888 e. The zero-order valence-corrected chi connectivity index (χ0v) is 17.8. The van der Waals surface area contributed by atoms with E-state index in [2.05, 4.69) is 88.0 Å². The molecule has 2 aromatic carbocycles. The van der Waals surface area contributed by atoms with Gasteiger partial charge in [0.1, 0.15) is 0 Å². The number of aryl methyl sites for hydroxylation is 4. The molecule has 0 N–H and O–H groups in total. The minimum absolute atomic E-state index is 0.904. The van der Waals surface area contributed by atoms with E-state index in [1.165, 1.54) is 27.9 Å². The van der Waals surface area contributed by atoms with Crippen molar-refractivity contribution in [3.63, 3.8) is 0 Å². The Morgan fingerprint density at radius 1 is 0.862 bits per heavy atom. The van der Waals surface area contributed by atoms with Crippen LogP contribution in [0.15, 0.2) is 48.7 Å². The molecule has 0 unspecified atom stereocenters. The third kappa shape index (κ3) is 4.51. The molecule has 1 saturated heterocycles. The second-order valence-corrected chi connectivity index (χ2v) is 8.13. The second kappa shape index (κ2) is 8.78. The van der Waals surface area contributed by atoms with Gasteiger partial charge < -0.3 is 4.90 Å². The van der Waals surface area contributed by atoms with Gasteiger partial charge in [-0.3, -0.25) is 4.90 Å². The van der Waals surface area contributed by atoms with Crippen molar-refractivity contribution in [2.24, 2.45) is 0 Å². The quantitative estimate of drug-likeness (QED) is 0.637. The molecular weight excluding hydrogens is 358 g/mol. The number of hydrogen-bond donors (Lipinski definition) is 0. The highest BCUT2D eigenvalue weighted by atomic mass is 15.4. The van der Waals surface area contributed by atoms with E-state index in [1.54, 1.807) is 0 Å². The van der Waals surface area contributed by atoms with Crippen LogP contribution in [0.1, 0.15) is 23.1 Å². The normalized spacial score (nSPS) is 15.1. The van der Waals surface area contributed by atoms with Gasteiger partial charge in [0.2, 0.25) is 0 Å². The van der Waals surface area contributed by atoms with E-state index in [9.17, 15) is 0 Å². The molecule has 0 aliphatic carbocycles. The number of piperazine rings is 1. The van der Waals surface area contributed by atoms with Crippen molar-refractivity contribution in [1.29, 1.82) is 0 Å². The molecule has 152 valence electrons. The summed E-state index contributed by atoms with van der Waals surface area (Å²) in [6, 6.07) is 15.2. The third-order valence-electron chi connectivity index (χ3n) is 5.96. The Kier molecular flexibility index (Phi) is 5.95. The molecule has 5 nitrogen and oxygen atoms in total. The highest BCUT2D eigenvalue weighted by Gasteiger charge is 2.18. The van der Waals surface area contributed by atoms with Gasteiger partial charge in [0, 0.05) is 50.5 Å². The molecule has 0 saturated carbocycles. The average Bonchev–Trinajstić information content (AvgIpc) is 3.19. The van der Waals surface area contributed by atoms with Crippen molar-refractivity contribution in [3.05, 3.63) is 65.4 Å². The number of hydrogen-bond acceptors (Lipinski definition) is 4. The maximum absolute atomic E-state index is 4.33. The summed E-state index contributed by atoms with van der Waals surface area (Å²) < 4.78 is 2.05. The van der Waals surface area contributed by atoms with E-state index in [0.717, 1.165) is 51.4 Å². The van der Waals surface area contributed by atoms with Crippen molar-refractivity contribution < 1.29 is 0 Å². The molecule has 4 rings (SSSR count). The molecular formula is C24H31N5. The van der Waals surface area contributed by atoms with Crippen LogP contribution in [0.5, 0.6) is 0 Å². The molecule has 0 spiro atoms. The molecule has 2 heterocycles. The Morgan fingerprint density at radius 3 is 2.45 bits per heavy atom. The highest BCUT2D eigenvalue weighted by Crippen LogP contribution is 2.24. The van der Waals surface area contributed by atoms with E-state index in [1.807, 2.05) is 6.20 Å². The number of anilines is 1. The van der Waals surface area contributed by atoms with Gasteiger partial charge in [0.25, 0.3) is 0 Å². The number of benzene rings is 2. The fourth-order valence-corrected chi connectivity index (χ4v) is 4.21. The zero-order valence-electron chi connectivity index (χ0n) is 17.8. The Bertz CT molecular complexity index is 953. The molecule has 0 amide bonds. The topological polar surface area (TPSA) is 37.2 Å². The van der Waals surface area contributed by atoms with Crippen LogP contribution < -0.4 is 4.90 Å². The molecule has 1 fully saturated rings. The lowest BCUT2D eigenvalue weighted by molar-refractivity contribution is 0.249. The average molecular weight is 390 g/mol. The molecule has 1 aromatic heterocycles. The van der Waals surface area contributed by atoms with Crippen molar-refractivity contribution in [2.45, 2.75) is 33.7 Å². The van der Waals surface area contributed by atoms with Gasteiger partial charge in [0.15, 0.2) is 0 Å². The summed E-state index contributed by atoms with van der Waals surface area (Å²) in [7, 11) is 0. The SMILES string of the molecule is Cc1ccc(C)c(N2CCN(CCCn3nncc3-c3ccccc3C)CC2)c1. The summed E-state index contributed by atoms with van der Waals surface area (Å²) in [4.78, 5) is 5.11. The van der Waals surface area contributed by atoms with E-state index >= 15 is 0 Å². The Morgan fingerprint density at radius 2 is 1.66 bits per heavy atom. The summed E-state index contributed by atoms with van der Waals surface area (Å²) in [6.45, 7) is 13.0. The van der Waals surface area contributed by atoms with Crippen molar-refractivity contribution in [1.82, 2.24) is 19.9 Å². The van der Waals surface area contributed by atoms with Crippen LogP contribution in [0.2, 0.25) is 0 Å². The third-order valence-corrected chi connectivity index (χ3v) is 5.96. The summed E-state index contributed by atoms with van der Waals surface area (Å²) in [5.74, 6) is 0.